The smallest absolute Gasteiger partial charge is 0.160 e. The Morgan fingerprint density at radius 3 is 2.62 bits per heavy atom. The minimum atomic E-state index is -0.242. The first-order valence-corrected chi connectivity index (χ1v) is 8.38. The van der Waals surface area contributed by atoms with Crippen molar-refractivity contribution >= 4 is 0 Å². The Morgan fingerprint density at radius 2 is 1.90 bits per heavy atom. The lowest BCUT2D eigenvalue weighted by Crippen LogP contribution is -2.49. The molecule has 2 aliphatic carbocycles. The van der Waals surface area contributed by atoms with E-state index >= 15 is 0 Å². The molecule has 2 saturated carbocycles. The largest absolute Gasteiger partial charge is 0.393 e. The second-order valence-corrected chi connectivity index (χ2v) is 7.49. The quantitative estimate of drug-likeness (QED) is 0.627. The van der Waals surface area contributed by atoms with Crippen LogP contribution in [0.1, 0.15) is 38.5 Å². The molecule has 0 aromatic rings. The molecule has 21 heavy (non-hydrogen) atoms. The first-order chi connectivity index (χ1) is 10.2. The van der Waals surface area contributed by atoms with Crippen molar-refractivity contribution in [2.45, 2.75) is 63.1 Å². The minimum Gasteiger partial charge on any atom is -0.393 e. The van der Waals surface area contributed by atoms with Gasteiger partial charge in [-0.3, -0.25) is 0 Å². The molecule has 1 N–H and O–H groups in total. The summed E-state index contributed by atoms with van der Waals surface area (Å²) in [6, 6.07) is 0. The van der Waals surface area contributed by atoms with E-state index in [1.165, 1.54) is 0 Å². The maximum atomic E-state index is 10.0. The van der Waals surface area contributed by atoms with Gasteiger partial charge in [0.2, 0.25) is 0 Å². The van der Waals surface area contributed by atoms with Crippen molar-refractivity contribution in [2.75, 3.05) is 13.2 Å². The third kappa shape index (κ3) is 2.67. The topological polar surface area (TPSA) is 51.2 Å². The monoisotopic (exact) mass is 294 g/mol. The summed E-state index contributed by atoms with van der Waals surface area (Å²) in [5, 5.41) is 10.0. The molecule has 0 radical (unpaired) electrons. The predicted molar refractivity (Wildman–Crippen MR) is 77.7 cm³/mol. The van der Waals surface area contributed by atoms with E-state index in [9.17, 15) is 5.11 Å². The van der Waals surface area contributed by atoms with E-state index < -0.39 is 0 Å². The van der Waals surface area contributed by atoms with Gasteiger partial charge in [-0.2, -0.15) is 0 Å². The van der Waals surface area contributed by atoms with Crippen molar-refractivity contribution in [1.29, 1.82) is 0 Å². The third-order valence-corrected chi connectivity index (χ3v) is 5.97. The van der Waals surface area contributed by atoms with E-state index in [1.807, 2.05) is 6.08 Å². The standard InChI is InChI=1S/C17H26O4/c1-2-11-8-17(6-5-13(11)18)9-19-16(20-10-17)12-3-4-14-15(7-12)21-14/h2,11-16,18H,1,3-10H2. The molecule has 4 aliphatic rings. The van der Waals surface area contributed by atoms with Crippen LogP contribution in [0.5, 0.6) is 0 Å². The van der Waals surface area contributed by atoms with Crippen LogP contribution >= 0.6 is 0 Å². The molecule has 0 aromatic heterocycles. The molecule has 4 heteroatoms. The molecule has 0 aromatic carbocycles. The van der Waals surface area contributed by atoms with Gasteiger partial charge in [0.1, 0.15) is 0 Å². The SMILES string of the molecule is C=CC1CC2(CCC1O)COC(C1CCC3OC3C1)OC2. The van der Waals surface area contributed by atoms with Crippen molar-refractivity contribution in [3.8, 4) is 0 Å². The maximum Gasteiger partial charge on any atom is 0.160 e. The maximum absolute atomic E-state index is 10.0. The van der Waals surface area contributed by atoms with E-state index in [4.69, 9.17) is 14.2 Å². The highest BCUT2D eigenvalue weighted by atomic mass is 16.7. The molecule has 2 saturated heterocycles. The Kier molecular flexibility index (Phi) is 3.61. The van der Waals surface area contributed by atoms with E-state index in [1.54, 1.807) is 0 Å². The van der Waals surface area contributed by atoms with Crippen LogP contribution in [-0.2, 0) is 14.2 Å². The summed E-state index contributed by atoms with van der Waals surface area (Å²) in [7, 11) is 0. The Hall–Kier alpha value is -0.420. The van der Waals surface area contributed by atoms with E-state index in [-0.39, 0.29) is 23.7 Å². The predicted octanol–water partition coefficient (Wildman–Crippen LogP) is 2.26. The van der Waals surface area contributed by atoms with Gasteiger partial charge in [0.05, 0.1) is 31.5 Å². The Labute approximate surface area is 126 Å². The molecular formula is C17H26O4. The summed E-state index contributed by atoms with van der Waals surface area (Å²) in [5.41, 5.74) is 0.0852. The molecule has 0 amide bonds. The Morgan fingerprint density at radius 1 is 1.10 bits per heavy atom. The van der Waals surface area contributed by atoms with Gasteiger partial charge in [-0.1, -0.05) is 6.08 Å². The van der Waals surface area contributed by atoms with Crippen LogP contribution in [0.3, 0.4) is 0 Å². The van der Waals surface area contributed by atoms with Crippen molar-refractivity contribution in [2.24, 2.45) is 17.3 Å². The van der Waals surface area contributed by atoms with Crippen molar-refractivity contribution in [1.82, 2.24) is 0 Å². The number of hydrogen-bond acceptors (Lipinski definition) is 4. The van der Waals surface area contributed by atoms with Crippen molar-refractivity contribution < 1.29 is 19.3 Å². The molecule has 0 bridgehead atoms. The average Bonchev–Trinajstić information content (AvgIpc) is 3.29. The Bertz CT molecular complexity index is 402. The summed E-state index contributed by atoms with van der Waals surface area (Å²) in [5.74, 6) is 0.674. The van der Waals surface area contributed by atoms with Gasteiger partial charge in [0, 0.05) is 17.3 Å². The molecule has 2 heterocycles. The van der Waals surface area contributed by atoms with Gasteiger partial charge in [-0.05, 0) is 38.5 Å². The number of hydrogen-bond donors (Lipinski definition) is 1. The minimum absolute atomic E-state index is 0.0465. The number of ether oxygens (including phenoxy) is 3. The van der Waals surface area contributed by atoms with Crippen molar-refractivity contribution in [3.63, 3.8) is 0 Å². The van der Waals surface area contributed by atoms with Gasteiger partial charge in [0.25, 0.3) is 0 Å². The zero-order valence-corrected chi connectivity index (χ0v) is 12.6. The molecule has 5 atom stereocenters. The van der Waals surface area contributed by atoms with Crippen LogP contribution in [-0.4, -0.2) is 42.9 Å². The van der Waals surface area contributed by atoms with Gasteiger partial charge < -0.3 is 19.3 Å². The summed E-state index contributed by atoms with van der Waals surface area (Å²) < 4.78 is 17.8. The fourth-order valence-electron chi connectivity index (χ4n) is 4.47. The first-order valence-electron chi connectivity index (χ1n) is 8.38. The van der Waals surface area contributed by atoms with E-state index in [2.05, 4.69) is 6.58 Å². The highest BCUT2D eigenvalue weighted by Gasteiger charge is 2.49. The zero-order chi connectivity index (χ0) is 14.4. The molecule has 2 aliphatic heterocycles. The number of epoxide rings is 1. The zero-order valence-electron chi connectivity index (χ0n) is 12.6. The number of rotatable bonds is 2. The summed E-state index contributed by atoms with van der Waals surface area (Å²) in [4.78, 5) is 0. The number of aliphatic hydroxyl groups excluding tert-OH is 1. The third-order valence-electron chi connectivity index (χ3n) is 5.97. The first kappa shape index (κ1) is 14.2. The second kappa shape index (κ2) is 5.34. The lowest BCUT2D eigenvalue weighted by atomic mass is 9.69. The molecule has 4 nitrogen and oxygen atoms in total. The molecule has 4 fully saturated rings. The van der Waals surface area contributed by atoms with Gasteiger partial charge in [-0.25, -0.2) is 0 Å². The average molecular weight is 294 g/mol. The lowest BCUT2D eigenvalue weighted by Gasteiger charge is -2.47. The summed E-state index contributed by atoms with van der Waals surface area (Å²) >= 11 is 0. The fraction of sp³-hybridized carbons (Fsp3) is 0.882. The molecule has 4 rings (SSSR count). The highest BCUT2D eigenvalue weighted by molar-refractivity contribution is 4.99. The number of fused-ring (bicyclic) bond motifs is 1. The van der Waals surface area contributed by atoms with Gasteiger partial charge in [0.15, 0.2) is 6.29 Å². The van der Waals surface area contributed by atoms with Crippen LogP contribution in [0.4, 0.5) is 0 Å². The second-order valence-electron chi connectivity index (χ2n) is 7.49. The number of aliphatic hydroxyl groups is 1. The van der Waals surface area contributed by atoms with Crippen LogP contribution in [0.25, 0.3) is 0 Å². The van der Waals surface area contributed by atoms with Gasteiger partial charge >= 0.3 is 0 Å². The molecule has 1 spiro atoms. The van der Waals surface area contributed by atoms with Crippen LogP contribution < -0.4 is 0 Å². The highest BCUT2D eigenvalue weighted by Crippen LogP contribution is 2.46. The molecular weight excluding hydrogens is 268 g/mol. The van der Waals surface area contributed by atoms with Crippen molar-refractivity contribution in [3.05, 3.63) is 12.7 Å². The van der Waals surface area contributed by atoms with E-state index in [0.717, 1.165) is 51.7 Å². The fourth-order valence-corrected chi connectivity index (χ4v) is 4.47. The summed E-state index contributed by atoms with van der Waals surface area (Å²) in [6.45, 7) is 5.39. The van der Waals surface area contributed by atoms with Crippen LogP contribution in [0.15, 0.2) is 12.7 Å². The van der Waals surface area contributed by atoms with Crippen LogP contribution in [0.2, 0.25) is 0 Å². The lowest BCUT2D eigenvalue weighted by molar-refractivity contribution is -0.262. The van der Waals surface area contributed by atoms with Gasteiger partial charge in [-0.15, -0.1) is 6.58 Å². The molecule has 5 unspecified atom stereocenters. The van der Waals surface area contributed by atoms with Crippen LogP contribution in [0, 0.1) is 17.3 Å². The Balaban J connectivity index is 1.34. The van der Waals surface area contributed by atoms with E-state index in [0.29, 0.717) is 18.1 Å². The normalized spacial score (nSPS) is 53.2. The molecule has 118 valence electrons. The summed E-state index contributed by atoms with van der Waals surface area (Å²) in [6.07, 6.45) is 8.77.